The summed E-state index contributed by atoms with van der Waals surface area (Å²) in [5.41, 5.74) is 0.923. The number of nitrogens with zero attached hydrogens (tertiary/aromatic N) is 3. The Bertz CT molecular complexity index is 428. The van der Waals surface area contributed by atoms with E-state index < -0.39 is 0 Å². The topological polar surface area (TPSA) is 50.2 Å². The van der Waals surface area contributed by atoms with E-state index in [1.54, 1.807) is 12.3 Å². The van der Waals surface area contributed by atoms with Crippen LogP contribution in [0.1, 0.15) is 19.8 Å². The van der Waals surface area contributed by atoms with Crippen LogP contribution < -0.4 is 5.32 Å². The second-order valence-electron chi connectivity index (χ2n) is 3.56. The number of hydrogen-bond acceptors (Lipinski definition) is 4. The Balaban J connectivity index is 2.02. The highest BCUT2D eigenvalue weighted by Gasteiger charge is 2.08. The summed E-state index contributed by atoms with van der Waals surface area (Å²) in [5.74, 6) is 0.500. The van der Waals surface area contributed by atoms with Gasteiger partial charge in [-0.05, 0) is 18.9 Å². The minimum Gasteiger partial charge on any atom is -0.323 e. The van der Waals surface area contributed by atoms with Crippen molar-refractivity contribution in [3.8, 4) is 0 Å². The number of nitrogens with one attached hydrogen (secondary N) is 1. The molecule has 1 aliphatic heterocycles. The molecule has 16 heavy (non-hydrogen) atoms. The zero-order valence-corrected chi connectivity index (χ0v) is 9.78. The lowest BCUT2D eigenvalue weighted by atomic mass is 10.1. The first-order chi connectivity index (χ1) is 7.78. The molecule has 0 bridgehead atoms. The number of anilines is 1. The largest absolute Gasteiger partial charge is 0.323 e. The third-order valence-electron chi connectivity index (χ3n) is 2.38. The van der Waals surface area contributed by atoms with E-state index in [2.05, 4.69) is 33.3 Å². The number of rotatable bonds is 3. The van der Waals surface area contributed by atoms with Crippen LogP contribution in [0.25, 0.3) is 0 Å². The predicted octanol–water partition coefficient (Wildman–Crippen LogP) is 2.68. The molecule has 5 heteroatoms. The molecule has 1 atom stereocenters. The van der Waals surface area contributed by atoms with Gasteiger partial charge in [0.1, 0.15) is 5.15 Å². The lowest BCUT2D eigenvalue weighted by Gasteiger charge is -2.14. The van der Waals surface area contributed by atoms with E-state index in [0.29, 0.717) is 17.1 Å². The molecule has 0 saturated heterocycles. The Morgan fingerprint density at radius 1 is 1.56 bits per heavy atom. The van der Waals surface area contributed by atoms with E-state index in [4.69, 9.17) is 11.6 Å². The molecule has 2 rings (SSSR count). The number of allylic oxidation sites excluding steroid dienone is 1. The maximum atomic E-state index is 5.76. The van der Waals surface area contributed by atoms with Crippen molar-refractivity contribution in [2.24, 2.45) is 4.99 Å². The molecule has 0 saturated carbocycles. The monoisotopic (exact) mass is 236 g/mol. The summed E-state index contributed by atoms with van der Waals surface area (Å²) in [6, 6.07) is 2.05. The molecule has 1 aliphatic rings. The first-order valence-corrected chi connectivity index (χ1v) is 5.64. The van der Waals surface area contributed by atoms with Gasteiger partial charge in [-0.2, -0.15) is 0 Å². The fourth-order valence-electron chi connectivity index (χ4n) is 1.44. The summed E-state index contributed by atoms with van der Waals surface area (Å²) in [6.07, 6.45) is 7.56. The van der Waals surface area contributed by atoms with Crippen LogP contribution in [-0.2, 0) is 0 Å². The lowest BCUT2D eigenvalue weighted by molar-refractivity contribution is 0.657. The molecular formula is C11H13ClN4. The van der Waals surface area contributed by atoms with Crippen molar-refractivity contribution < 1.29 is 0 Å². The predicted molar refractivity (Wildman–Crippen MR) is 65.9 cm³/mol. The molecule has 0 aromatic carbocycles. The third-order valence-corrected chi connectivity index (χ3v) is 2.59. The van der Waals surface area contributed by atoms with Crippen molar-refractivity contribution in [1.82, 2.24) is 9.97 Å². The van der Waals surface area contributed by atoms with Gasteiger partial charge in [-0.25, -0.2) is 9.97 Å². The minimum absolute atomic E-state index is 0.408. The van der Waals surface area contributed by atoms with Crippen LogP contribution >= 0.6 is 11.6 Å². The summed E-state index contributed by atoms with van der Waals surface area (Å²) in [6.45, 7) is 2.13. The highest BCUT2D eigenvalue weighted by molar-refractivity contribution is 6.29. The fourth-order valence-corrected chi connectivity index (χ4v) is 1.58. The van der Waals surface area contributed by atoms with Crippen molar-refractivity contribution in [1.29, 1.82) is 0 Å². The van der Waals surface area contributed by atoms with Crippen LogP contribution in [-0.4, -0.2) is 22.2 Å². The van der Waals surface area contributed by atoms with Crippen LogP contribution in [0, 0.1) is 0 Å². The standard InChI is InChI=1S/C11H13ClN4/c1-2-8-3-4-9(7-14-8)15-11-13-6-5-10(12)16-11/h4-8H,2-3H2,1H3,(H,13,15,16). The average molecular weight is 237 g/mol. The number of aromatic nitrogens is 2. The summed E-state index contributed by atoms with van der Waals surface area (Å²) in [5, 5.41) is 3.50. The quantitative estimate of drug-likeness (QED) is 0.821. The van der Waals surface area contributed by atoms with Gasteiger partial charge in [0.25, 0.3) is 0 Å². The second-order valence-corrected chi connectivity index (χ2v) is 3.95. The molecule has 1 aromatic rings. The molecule has 0 aliphatic carbocycles. The van der Waals surface area contributed by atoms with Crippen LogP contribution in [0.2, 0.25) is 5.15 Å². The van der Waals surface area contributed by atoms with Crippen LogP contribution in [0.3, 0.4) is 0 Å². The van der Waals surface area contributed by atoms with Crippen LogP contribution in [0.5, 0.6) is 0 Å². The molecule has 0 spiro atoms. The Hall–Kier alpha value is -1.42. The lowest BCUT2D eigenvalue weighted by Crippen LogP contribution is -2.12. The van der Waals surface area contributed by atoms with Gasteiger partial charge < -0.3 is 5.32 Å². The first-order valence-electron chi connectivity index (χ1n) is 5.27. The molecule has 1 unspecified atom stereocenters. The molecule has 0 fully saturated rings. The Morgan fingerprint density at radius 2 is 2.44 bits per heavy atom. The fraction of sp³-hybridized carbons (Fsp3) is 0.364. The SMILES string of the molecule is CCC1CC=C(Nc2nccc(Cl)n2)C=N1. The highest BCUT2D eigenvalue weighted by atomic mass is 35.5. The molecule has 2 heterocycles. The first kappa shape index (κ1) is 11.1. The van der Waals surface area contributed by atoms with E-state index in [0.717, 1.165) is 18.5 Å². The number of dihydropyridines is 1. The normalized spacial score (nSPS) is 19.4. The second kappa shape index (κ2) is 5.07. The maximum Gasteiger partial charge on any atom is 0.228 e. The van der Waals surface area contributed by atoms with Crippen molar-refractivity contribution in [3.63, 3.8) is 0 Å². The van der Waals surface area contributed by atoms with Gasteiger partial charge in [-0.3, -0.25) is 4.99 Å². The van der Waals surface area contributed by atoms with Gasteiger partial charge in [0.15, 0.2) is 0 Å². The number of aliphatic imine (C=N–C) groups is 1. The van der Waals surface area contributed by atoms with E-state index in [9.17, 15) is 0 Å². The van der Waals surface area contributed by atoms with Gasteiger partial charge >= 0.3 is 0 Å². The van der Waals surface area contributed by atoms with Gasteiger partial charge in [0.05, 0.1) is 11.7 Å². The maximum absolute atomic E-state index is 5.76. The van der Waals surface area contributed by atoms with Crippen molar-refractivity contribution >= 4 is 23.8 Å². The summed E-state index contributed by atoms with van der Waals surface area (Å²) in [4.78, 5) is 12.5. The van der Waals surface area contributed by atoms with Crippen molar-refractivity contribution in [2.75, 3.05) is 5.32 Å². The number of halogens is 1. The average Bonchev–Trinajstić information content (AvgIpc) is 2.30. The summed E-state index contributed by atoms with van der Waals surface area (Å²) < 4.78 is 0. The zero-order valence-electron chi connectivity index (χ0n) is 9.02. The molecule has 1 N–H and O–H groups in total. The zero-order chi connectivity index (χ0) is 11.4. The van der Waals surface area contributed by atoms with Crippen LogP contribution in [0.4, 0.5) is 5.95 Å². The molecule has 0 amide bonds. The van der Waals surface area contributed by atoms with E-state index in [1.165, 1.54) is 0 Å². The number of hydrogen-bond donors (Lipinski definition) is 1. The van der Waals surface area contributed by atoms with E-state index in [-0.39, 0.29) is 0 Å². The van der Waals surface area contributed by atoms with Gasteiger partial charge in [-0.1, -0.05) is 24.6 Å². The van der Waals surface area contributed by atoms with Gasteiger partial charge in [0.2, 0.25) is 5.95 Å². The summed E-state index contributed by atoms with van der Waals surface area (Å²) in [7, 11) is 0. The van der Waals surface area contributed by atoms with E-state index >= 15 is 0 Å². The minimum atomic E-state index is 0.408. The third kappa shape index (κ3) is 2.79. The van der Waals surface area contributed by atoms with Crippen molar-refractivity contribution in [3.05, 3.63) is 29.2 Å². The molecule has 0 radical (unpaired) electrons. The molecule has 84 valence electrons. The van der Waals surface area contributed by atoms with Gasteiger partial charge in [0, 0.05) is 12.4 Å². The molecule has 4 nitrogen and oxygen atoms in total. The smallest absolute Gasteiger partial charge is 0.228 e. The summed E-state index contributed by atoms with van der Waals surface area (Å²) >= 11 is 5.76. The Kier molecular flexibility index (Phi) is 3.51. The molecule has 1 aromatic heterocycles. The Labute approximate surface area is 99.5 Å². The van der Waals surface area contributed by atoms with Crippen molar-refractivity contribution in [2.45, 2.75) is 25.8 Å². The van der Waals surface area contributed by atoms with Gasteiger partial charge in [-0.15, -0.1) is 0 Å². The Morgan fingerprint density at radius 3 is 3.06 bits per heavy atom. The molecular weight excluding hydrogens is 224 g/mol. The van der Waals surface area contributed by atoms with Crippen LogP contribution in [0.15, 0.2) is 29.0 Å². The van der Waals surface area contributed by atoms with E-state index in [1.807, 2.05) is 6.21 Å². The highest BCUT2D eigenvalue weighted by Crippen LogP contribution is 2.13.